The van der Waals surface area contributed by atoms with Gasteiger partial charge in [-0.05, 0) is 41.0 Å². The Hall–Kier alpha value is -8.10. The van der Waals surface area contributed by atoms with Gasteiger partial charge in [0.25, 0.3) is 0 Å². The fraction of sp³-hybridized carbons (Fsp3) is 0.581. The van der Waals surface area contributed by atoms with E-state index in [0.29, 0.717) is 11.3 Å². The average molecular weight is 1420 g/mol. The van der Waals surface area contributed by atoms with E-state index < -0.39 is 233 Å². The number of hydrogen-bond acceptors (Lipinski definition) is 32. The maximum absolute atomic E-state index is 15.2. The second kappa shape index (κ2) is 34.0. The Balaban J connectivity index is 0.976. The first-order valence-electron chi connectivity index (χ1n) is 32.0. The first-order valence-corrected chi connectivity index (χ1v) is 32.0. The van der Waals surface area contributed by atoms with Gasteiger partial charge >= 0.3 is 0 Å². The van der Waals surface area contributed by atoms with E-state index in [1.807, 2.05) is 0 Å². The molecule has 4 saturated heterocycles. The number of nitrogens with zero attached hydrogens (tertiary/aromatic N) is 3. The Labute approximate surface area is 570 Å². The smallest absolute Gasteiger partial charge is 0.246 e. The van der Waals surface area contributed by atoms with Gasteiger partial charge in [-0.2, -0.15) is 0 Å². The van der Waals surface area contributed by atoms with Crippen molar-refractivity contribution in [2.24, 2.45) is 21.5 Å². The normalized spacial score (nSPS) is 35.2. The van der Waals surface area contributed by atoms with E-state index in [9.17, 15) is 85.6 Å². The van der Waals surface area contributed by atoms with Crippen molar-refractivity contribution in [1.82, 2.24) is 42.1 Å². The van der Waals surface area contributed by atoms with E-state index in [-0.39, 0.29) is 37.0 Å². The Kier molecular flexibility index (Phi) is 25.9. The van der Waals surface area contributed by atoms with Gasteiger partial charge in [0, 0.05) is 12.3 Å². The molecule has 100 heavy (non-hydrogen) atoms. The summed E-state index contributed by atoms with van der Waals surface area (Å²) in [5.41, 5.74) is 13.6. The zero-order chi connectivity index (χ0) is 72.4. The van der Waals surface area contributed by atoms with Gasteiger partial charge in [0.2, 0.25) is 41.7 Å². The largest absolute Gasteiger partial charge is 0.497 e. The van der Waals surface area contributed by atoms with Crippen LogP contribution in [-0.4, -0.2) is 318 Å². The number of carbonyl (C=O) groups is 6. The first-order chi connectivity index (χ1) is 47.7. The van der Waals surface area contributed by atoms with Crippen LogP contribution in [0.5, 0.6) is 11.5 Å². The number of hydrogen-bond donors (Lipinski definition) is 22. The molecule has 0 aromatic heterocycles. The highest BCUT2D eigenvalue weighted by Crippen LogP contribution is 2.33. The molecule has 6 aliphatic heterocycles. The van der Waals surface area contributed by atoms with Crippen LogP contribution in [0.25, 0.3) is 0 Å². The third-order valence-corrected chi connectivity index (χ3v) is 18.0. The molecule has 550 valence electrons. The fourth-order valence-electron chi connectivity index (χ4n) is 12.2. The molecule has 3 aromatic rings. The molecule has 6 heterocycles. The summed E-state index contributed by atoms with van der Waals surface area (Å²) in [4.78, 5) is 96.5. The lowest BCUT2D eigenvalue weighted by molar-refractivity contribution is -0.353. The van der Waals surface area contributed by atoms with E-state index in [1.54, 1.807) is 61.5 Å². The van der Waals surface area contributed by atoms with Crippen molar-refractivity contribution in [2.45, 2.75) is 172 Å². The van der Waals surface area contributed by atoms with Gasteiger partial charge in [-0.25, -0.2) is 0 Å². The van der Waals surface area contributed by atoms with Crippen molar-refractivity contribution in [3.05, 3.63) is 95.6 Å². The molecule has 0 radical (unpaired) electrons. The SMILES string of the molecule is COc1ccc(COC[C@H]2O[C@H](O[C@H]3[C@H](O)[C@H](O)[C@@H](Oc4ccc(C[C@H]5NC(=O)[C@H](C(C)c6ccccc6)NC(=O)CNC(=O)[C@H](CO)NC(=O)[C@@H](C(O)C6CN=C(N)N6[C@H]6O[C@H](CO)[C@@H](O)[C@H](O)[C@@H]6O)NC(=O)[C@H](C(O)C6CN=C(N)N6)NC5=O)cc4)O[C@@H]3CO)[C@@H](O)[C@@H](O)[C@@H]2O)cc1. The molecule has 6 aliphatic rings. The minimum Gasteiger partial charge on any atom is -0.497 e. The van der Waals surface area contributed by atoms with Crippen LogP contribution in [0.1, 0.15) is 29.5 Å². The Morgan fingerprint density at radius 2 is 1.16 bits per heavy atom. The number of ether oxygens (including phenoxy) is 7. The van der Waals surface area contributed by atoms with Crippen LogP contribution in [0, 0.1) is 0 Å². The van der Waals surface area contributed by atoms with Crippen LogP contribution in [-0.2, 0) is 65.5 Å². The fourth-order valence-corrected chi connectivity index (χ4v) is 12.2. The van der Waals surface area contributed by atoms with Gasteiger partial charge < -0.3 is 153 Å². The number of aliphatic hydroxyl groups is 13. The van der Waals surface area contributed by atoms with Gasteiger partial charge in [-0.1, -0.05) is 61.5 Å². The summed E-state index contributed by atoms with van der Waals surface area (Å²) in [6.45, 7) is -3.42. The van der Waals surface area contributed by atoms with Gasteiger partial charge in [0.1, 0.15) is 127 Å². The molecular weight excluding hydrogens is 1330 g/mol. The minimum atomic E-state index is -2.35. The van der Waals surface area contributed by atoms with Crippen LogP contribution in [0.2, 0.25) is 0 Å². The summed E-state index contributed by atoms with van der Waals surface area (Å²) < 4.78 is 40.0. The molecule has 4 fully saturated rings. The maximum atomic E-state index is 15.2. The van der Waals surface area contributed by atoms with Crippen molar-refractivity contribution in [2.75, 3.05) is 53.2 Å². The van der Waals surface area contributed by atoms with E-state index in [0.717, 1.165) is 10.5 Å². The minimum absolute atomic E-state index is 0.0469. The number of methoxy groups -OCH3 is 1. The van der Waals surface area contributed by atoms with Gasteiger partial charge in [0.15, 0.2) is 24.4 Å². The quantitative estimate of drug-likeness (QED) is 0.0471. The van der Waals surface area contributed by atoms with Crippen LogP contribution in [0.15, 0.2) is 88.8 Å². The number of amides is 6. The van der Waals surface area contributed by atoms with Crippen molar-refractivity contribution in [3.8, 4) is 11.5 Å². The number of rotatable bonds is 21. The number of guanidine groups is 2. The predicted octanol–water partition coefficient (Wildman–Crippen LogP) is -11.4. The summed E-state index contributed by atoms with van der Waals surface area (Å²) in [5, 5.41) is 160. The highest BCUT2D eigenvalue weighted by Gasteiger charge is 2.54. The van der Waals surface area contributed by atoms with Crippen molar-refractivity contribution >= 4 is 47.4 Å². The van der Waals surface area contributed by atoms with Gasteiger partial charge in [-0.3, -0.25) is 38.8 Å². The third kappa shape index (κ3) is 17.6. The van der Waals surface area contributed by atoms with Gasteiger partial charge in [-0.15, -0.1) is 0 Å². The highest BCUT2D eigenvalue weighted by molar-refractivity contribution is 5.98. The Morgan fingerprint density at radius 1 is 0.570 bits per heavy atom. The van der Waals surface area contributed by atoms with Crippen molar-refractivity contribution in [1.29, 1.82) is 0 Å². The number of nitrogens with two attached hydrogens (primary N) is 2. The molecule has 9 rings (SSSR count). The maximum Gasteiger partial charge on any atom is 0.246 e. The summed E-state index contributed by atoms with van der Waals surface area (Å²) >= 11 is 0. The molecule has 0 aliphatic carbocycles. The summed E-state index contributed by atoms with van der Waals surface area (Å²) in [6, 6.07) is 7.75. The molecule has 3 aromatic carbocycles. The van der Waals surface area contributed by atoms with E-state index in [2.05, 4.69) is 47.2 Å². The van der Waals surface area contributed by atoms with Crippen LogP contribution in [0.3, 0.4) is 0 Å². The average Bonchev–Trinajstić information content (AvgIpc) is 1.50. The number of benzene rings is 3. The lowest BCUT2D eigenvalue weighted by atomic mass is 9.92. The number of aliphatic imine (C=N–C) groups is 2. The second-order valence-electron chi connectivity index (χ2n) is 24.7. The number of carbonyl (C=O) groups excluding carboxylic acids is 6. The number of aliphatic hydroxyl groups excluding tert-OH is 13. The Bertz CT molecular complexity index is 3330. The van der Waals surface area contributed by atoms with Crippen molar-refractivity contribution < 1.29 is 128 Å². The summed E-state index contributed by atoms with van der Waals surface area (Å²) in [6.07, 6.45) is -31.5. The van der Waals surface area contributed by atoms with Crippen molar-refractivity contribution in [3.63, 3.8) is 0 Å². The zero-order valence-corrected chi connectivity index (χ0v) is 53.9. The molecule has 0 spiro atoms. The third-order valence-electron chi connectivity index (χ3n) is 18.0. The van der Waals surface area contributed by atoms with E-state index in [4.69, 9.17) is 44.6 Å². The molecular formula is C62H86N12O26. The summed E-state index contributed by atoms with van der Waals surface area (Å²) in [7, 11) is 1.51. The van der Waals surface area contributed by atoms with Gasteiger partial charge in [0.05, 0.1) is 71.9 Å². The lowest BCUT2D eigenvalue weighted by Gasteiger charge is -2.46. The first kappa shape index (κ1) is 76.1. The monoisotopic (exact) mass is 1410 g/mol. The molecule has 24 N–H and O–H groups in total. The molecule has 0 bridgehead atoms. The molecule has 25 atom stereocenters. The van der Waals surface area contributed by atoms with Crippen LogP contribution < -0.4 is 58.2 Å². The lowest BCUT2D eigenvalue weighted by Crippen LogP contribution is -2.70. The topological polar surface area (TPSA) is 594 Å². The van der Waals surface area contributed by atoms with Crippen LogP contribution >= 0.6 is 0 Å². The molecule has 6 amide bonds. The van der Waals surface area contributed by atoms with E-state index >= 15 is 9.59 Å². The summed E-state index contributed by atoms with van der Waals surface area (Å²) in [5.74, 6) is -8.39. The molecule has 5 unspecified atom stereocenters. The second-order valence-corrected chi connectivity index (χ2v) is 24.7. The molecule has 38 nitrogen and oxygen atoms in total. The number of nitrogens with one attached hydrogen (secondary N) is 7. The zero-order valence-electron chi connectivity index (χ0n) is 53.9. The standard InChI is InChI=1S/C62H86N12O26/c1-25(28-6-4-3-5-7-28)39-55(91)68-31(16-26-8-14-30(15-9-26)96-59-51(88)48(85)52(36(22-77)98-59)100-60-50(87)47(84)45(82)37(99-60)24-95-23-27-10-12-29(94-2)13-11-27)54(90)72-40(42(79)32-17-66-61(63)70-32)57(93)73-41(56(92)69-33(20-75)53(89)65-19-38(78)71-39)43(80)34-18-67-62(64)74(34)58-49(86)46(83)44(81)35(21-76)97-58/h3-15,25,31-37,39-52,58-60,75-77,79-88H,16-24H2,1-2H3,(H2,64,67)(H,65,89)(H,68,91)(H,69,92)(H,71,78)(H,72,90)(H,73,93)(H3,63,66,70)/t25?,31-,32?,33+,34?,35-,36-,37-,39+,40+,41-,42?,43?,44-,45-,46+,47+,48-,49+,50+,51+,52-,58+,59+,60-/m1/s1. The highest BCUT2D eigenvalue weighted by atomic mass is 16.7. The predicted molar refractivity (Wildman–Crippen MR) is 339 cm³/mol. The Morgan fingerprint density at radius 3 is 1.81 bits per heavy atom. The molecule has 38 heteroatoms. The molecule has 0 saturated carbocycles. The van der Waals surface area contributed by atoms with E-state index in [1.165, 1.54) is 31.4 Å². The van der Waals surface area contributed by atoms with Crippen LogP contribution in [0.4, 0.5) is 0 Å².